The molecule has 2 nitrogen and oxygen atoms in total. The molecule has 1 aliphatic heterocycles. The third-order valence-electron chi connectivity index (χ3n) is 5.98. The Bertz CT molecular complexity index is 1270. The van der Waals surface area contributed by atoms with Crippen LogP contribution in [0.4, 0.5) is 0 Å². The lowest BCUT2D eigenvalue weighted by atomic mass is 9.66. The number of fused-ring (bicyclic) bond motifs is 9. The van der Waals surface area contributed by atoms with E-state index in [0.717, 1.165) is 28.2 Å². The average molecular weight is 357 g/mol. The summed E-state index contributed by atoms with van der Waals surface area (Å²) >= 11 is 0. The van der Waals surface area contributed by atoms with Crippen LogP contribution >= 0.6 is 0 Å². The molecule has 6 rings (SSSR count). The highest BCUT2D eigenvalue weighted by atomic mass is 16.5. The fourth-order valence-electron chi connectivity index (χ4n) is 4.92. The smallest absolute Gasteiger partial charge is 0.132 e. The zero-order chi connectivity index (χ0) is 18.7. The lowest BCUT2D eigenvalue weighted by Gasteiger charge is -2.39. The summed E-state index contributed by atoms with van der Waals surface area (Å²) in [5.41, 5.74) is 7.22. The summed E-state index contributed by atoms with van der Waals surface area (Å²) in [7, 11) is 0. The molecule has 0 N–H and O–H groups in total. The first kappa shape index (κ1) is 15.2. The van der Waals surface area contributed by atoms with Gasteiger partial charge in [0.15, 0.2) is 0 Å². The van der Waals surface area contributed by atoms with Crippen LogP contribution in [-0.2, 0) is 5.41 Å². The predicted molar refractivity (Wildman–Crippen MR) is 109 cm³/mol. The molecule has 0 aromatic heterocycles. The summed E-state index contributed by atoms with van der Waals surface area (Å²) in [6, 6.07) is 33.4. The van der Waals surface area contributed by atoms with Crippen molar-refractivity contribution in [1.82, 2.24) is 0 Å². The van der Waals surface area contributed by atoms with Crippen molar-refractivity contribution in [3.63, 3.8) is 0 Å². The highest BCUT2D eigenvalue weighted by Gasteiger charge is 2.50. The van der Waals surface area contributed by atoms with Gasteiger partial charge in [-0.1, -0.05) is 66.7 Å². The molecule has 0 atom stereocenters. The maximum atomic E-state index is 9.59. The highest BCUT2D eigenvalue weighted by molar-refractivity contribution is 5.88. The molecule has 1 aliphatic carbocycles. The Hall–Kier alpha value is -3.83. The second-order valence-electron chi connectivity index (χ2n) is 7.26. The van der Waals surface area contributed by atoms with E-state index in [2.05, 4.69) is 60.7 Å². The van der Waals surface area contributed by atoms with Crippen molar-refractivity contribution < 1.29 is 4.74 Å². The third-order valence-corrected chi connectivity index (χ3v) is 5.98. The minimum atomic E-state index is -0.482. The Morgan fingerprint density at radius 3 is 1.86 bits per heavy atom. The van der Waals surface area contributed by atoms with Gasteiger partial charge in [0.05, 0.1) is 17.0 Å². The van der Waals surface area contributed by atoms with Gasteiger partial charge < -0.3 is 4.74 Å². The van der Waals surface area contributed by atoms with Crippen molar-refractivity contribution >= 4 is 0 Å². The van der Waals surface area contributed by atoms with Gasteiger partial charge in [-0.15, -0.1) is 0 Å². The zero-order valence-electron chi connectivity index (χ0n) is 15.0. The SMILES string of the molecule is N#Cc1ccc2c(c1)C1(c3ccccc3Oc3ccccc31)c1ccccc1-2. The molecule has 0 unspecified atom stereocenters. The van der Waals surface area contributed by atoms with E-state index in [4.69, 9.17) is 4.74 Å². The molecule has 2 aliphatic rings. The van der Waals surface area contributed by atoms with E-state index in [0.29, 0.717) is 5.56 Å². The highest BCUT2D eigenvalue weighted by Crippen LogP contribution is 2.61. The first-order valence-electron chi connectivity index (χ1n) is 9.35. The number of rotatable bonds is 0. The summed E-state index contributed by atoms with van der Waals surface area (Å²) in [6.45, 7) is 0. The van der Waals surface area contributed by atoms with Gasteiger partial charge in [-0.05, 0) is 46.5 Å². The standard InChI is InChI=1S/C26H15NO/c27-16-17-13-14-19-18-7-1-2-8-20(18)26(23(19)15-17)21-9-3-5-11-24(21)28-25-12-6-4-10-22(25)26/h1-15H. The second kappa shape index (κ2) is 5.34. The van der Waals surface area contributed by atoms with E-state index >= 15 is 0 Å². The maximum Gasteiger partial charge on any atom is 0.132 e. The lowest BCUT2D eigenvalue weighted by Crippen LogP contribution is -2.32. The first-order chi connectivity index (χ1) is 13.8. The molecule has 0 bridgehead atoms. The van der Waals surface area contributed by atoms with Gasteiger partial charge in [-0.25, -0.2) is 0 Å². The molecule has 0 saturated heterocycles. The summed E-state index contributed by atoms with van der Waals surface area (Å²) in [5.74, 6) is 1.73. The van der Waals surface area contributed by atoms with Crippen LogP contribution in [0.25, 0.3) is 11.1 Å². The molecule has 28 heavy (non-hydrogen) atoms. The van der Waals surface area contributed by atoms with E-state index in [-0.39, 0.29) is 0 Å². The van der Waals surface area contributed by atoms with Gasteiger partial charge in [-0.2, -0.15) is 5.26 Å². The van der Waals surface area contributed by atoms with E-state index < -0.39 is 5.41 Å². The van der Waals surface area contributed by atoms with E-state index in [1.165, 1.54) is 16.7 Å². The largest absolute Gasteiger partial charge is 0.457 e. The zero-order valence-corrected chi connectivity index (χ0v) is 15.0. The molecular formula is C26H15NO. The Morgan fingerprint density at radius 1 is 0.607 bits per heavy atom. The van der Waals surface area contributed by atoms with Crippen LogP contribution in [0.15, 0.2) is 91.0 Å². The fourth-order valence-corrected chi connectivity index (χ4v) is 4.92. The van der Waals surface area contributed by atoms with Gasteiger partial charge >= 0.3 is 0 Å². The number of ether oxygens (including phenoxy) is 1. The van der Waals surface area contributed by atoms with E-state index in [1.54, 1.807) is 0 Å². The van der Waals surface area contributed by atoms with Crippen LogP contribution < -0.4 is 4.74 Å². The summed E-state index contributed by atoms with van der Waals surface area (Å²) in [5, 5.41) is 9.59. The van der Waals surface area contributed by atoms with Crippen molar-refractivity contribution in [2.45, 2.75) is 5.41 Å². The monoisotopic (exact) mass is 357 g/mol. The number of hydrogen-bond donors (Lipinski definition) is 0. The number of hydrogen-bond acceptors (Lipinski definition) is 2. The van der Waals surface area contributed by atoms with Crippen molar-refractivity contribution in [1.29, 1.82) is 5.26 Å². The van der Waals surface area contributed by atoms with Gasteiger partial charge in [0.2, 0.25) is 0 Å². The topological polar surface area (TPSA) is 33.0 Å². The molecule has 1 spiro atoms. The minimum absolute atomic E-state index is 0.482. The van der Waals surface area contributed by atoms with Gasteiger partial charge in [0, 0.05) is 11.1 Å². The van der Waals surface area contributed by atoms with E-state index in [1.807, 2.05) is 36.4 Å². The van der Waals surface area contributed by atoms with Crippen LogP contribution in [0.1, 0.15) is 27.8 Å². The van der Waals surface area contributed by atoms with Crippen molar-refractivity contribution in [2.75, 3.05) is 0 Å². The Balaban J connectivity index is 1.86. The maximum absolute atomic E-state index is 9.59. The predicted octanol–water partition coefficient (Wildman–Crippen LogP) is 6.03. The molecule has 1 heterocycles. The molecule has 130 valence electrons. The third kappa shape index (κ3) is 1.71. The van der Waals surface area contributed by atoms with Crippen molar-refractivity contribution in [3.8, 4) is 28.7 Å². The molecule has 4 aromatic rings. The fraction of sp³-hybridized carbons (Fsp3) is 0.0385. The quantitative estimate of drug-likeness (QED) is 0.333. The normalized spacial score (nSPS) is 14.2. The van der Waals surface area contributed by atoms with Crippen LogP contribution in [0.2, 0.25) is 0 Å². The molecule has 0 radical (unpaired) electrons. The summed E-state index contributed by atoms with van der Waals surface area (Å²) in [6.07, 6.45) is 0. The average Bonchev–Trinajstić information content (AvgIpc) is 3.05. The second-order valence-corrected chi connectivity index (χ2v) is 7.26. The summed E-state index contributed by atoms with van der Waals surface area (Å²) < 4.78 is 6.29. The number of para-hydroxylation sites is 2. The Morgan fingerprint density at radius 2 is 1.18 bits per heavy atom. The van der Waals surface area contributed by atoms with Crippen molar-refractivity contribution in [3.05, 3.63) is 119 Å². The molecule has 0 amide bonds. The molecule has 0 saturated carbocycles. The van der Waals surface area contributed by atoms with Gasteiger partial charge in [0.25, 0.3) is 0 Å². The number of nitriles is 1. The molecule has 2 heteroatoms. The molecular weight excluding hydrogens is 342 g/mol. The van der Waals surface area contributed by atoms with E-state index in [9.17, 15) is 5.26 Å². The first-order valence-corrected chi connectivity index (χ1v) is 9.35. The van der Waals surface area contributed by atoms with Crippen LogP contribution in [0.3, 0.4) is 0 Å². The van der Waals surface area contributed by atoms with Crippen LogP contribution in [0.5, 0.6) is 11.5 Å². The number of nitrogens with zero attached hydrogens (tertiary/aromatic N) is 1. The molecule has 4 aromatic carbocycles. The lowest BCUT2D eigenvalue weighted by molar-refractivity contribution is 0.436. The van der Waals surface area contributed by atoms with Crippen LogP contribution in [-0.4, -0.2) is 0 Å². The Labute approximate surface area is 163 Å². The summed E-state index contributed by atoms with van der Waals surface area (Å²) in [4.78, 5) is 0. The van der Waals surface area contributed by atoms with Crippen molar-refractivity contribution in [2.24, 2.45) is 0 Å². The molecule has 0 fully saturated rings. The number of benzene rings is 4. The van der Waals surface area contributed by atoms with Gasteiger partial charge in [0.1, 0.15) is 11.5 Å². The minimum Gasteiger partial charge on any atom is -0.457 e. The van der Waals surface area contributed by atoms with Gasteiger partial charge in [-0.3, -0.25) is 0 Å². The van der Waals surface area contributed by atoms with Crippen LogP contribution in [0, 0.1) is 11.3 Å². The Kier molecular flexibility index (Phi) is 2.91.